The first-order valence-corrected chi connectivity index (χ1v) is 13.6. The maximum absolute atomic E-state index is 13.9. The third-order valence-electron chi connectivity index (χ3n) is 8.27. The van der Waals surface area contributed by atoms with Crippen molar-refractivity contribution in [2.24, 2.45) is 0 Å². The monoisotopic (exact) mass is 527 g/mol. The van der Waals surface area contributed by atoms with Crippen molar-refractivity contribution in [1.82, 2.24) is 4.57 Å². The lowest BCUT2D eigenvalue weighted by molar-refractivity contribution is 0.474. The first-order valence-electron chi connectivity index (χ1n) is 13.6. The Bertz CT molecular complexity index is 2420. The molecule has 41 heavy (non-hydrogen) atoms. The van der Waals surface area contributed by atoms with E-state index in [9.17, 15) is 4.79 Å². The number of pyridine rings is 1. The first-order chi connectivity index (χ1) is 20.2. The van der Waals surface area contributed by atoms with Gasteiger partial charge in [-0.05, 0) is 74.1 Å². The smallest absolute Gasteiger partial charge is 0.299 e. The van der Waals surface area contributed by atoms with Gasteiger partial charge < -0.3 is 9.15 Å². The summed E-state index contributed by atoms with van der Waals surface area (Å²) >= 11 is 0. The minimum absolute atomic E-state index is 0.195. The summed E-state index contributed by atoms with van der Waals surface area (Å²) in [5.74, 6) is 1.28. The van der Waals surface area contributed by atoms with Crippen molar-refractivity contribution in [3.05, 3.63) is 138 Å². The molecule has 0 atom stereocenters. The number of aromatic nitrogens is 1. The highest BCUT2D eigenvalue weighted by atomic mass is 16.5. The third-order valence-corrected chi connectivity index (χ3v) is 8.27. The van der Waals surface area contributed by atoms with Gasteiger partial charge in [-0.1, -0.05) is 91.0 Å². The minimum atomic E-state index is -0.195. The van der Waals surface area contributed by atoms with E-state index < -0.39 is 0 Å². The fourth-order valence-corrected chi connectivity index (χ4v) is 6.42. The summed E-state index contributed by atoms with van der Waals surface area (Å²) in [5.41, 5.74) is 5.86. The normalized spacial score (nSPS) is 12.2. The van der Waals surface area contributed by atoms with Gasteiger partial charge in [0.05, 0.1) is 12.0 Å². The van der Waals surface area contributed by atoms with Crippen LogP contribution in [0, 0.1) is 0 Å². The Kier molecular flexibility index (Phi) is 4.44. The molecule has 8 aromatic rings. The summed E-state index contributed by atoms with van der Waals surface area (Å²) in [6, 6.07) is 41.5. The number of hydrogen-bond donors (Lipinski definition) is 0. The van der Waals surface area contributed by atoms with Gasteiger partial charge in [-0.15, -0.1) is 0 Å². The quantitative estimate of drug-likeness (QED) is 0.225. The summed E-state index contributed by atoms with van der Waals surface area (Å²) in [6.45, 7) is 0. The average molecular weight is 528 g/mol. The molecule has 0 unspecified atom stereocenters. The molecule has 0 fully saturated rings. The fraction of sp³-hybridized carbons (Fsp3) is 0. The van der Waals surface area contributed by atoms with Gasteiger partial charge in [0.15, 0.2) is 17.1 Å². The Labute approximate surface area is 234 Å². The Morgan fingerprint density at radius 2 is 1.20 bits per heavy atom. The van der Waals surface area contributed by atoms with Crippen molar-refractivity contribution in [2.75, 3.05) is 0 Å². The Morgan fingerprint density at radius 3 is 1.95 bits per heavy atom. The molecule has 0 spiro atoms. The van der Waals surface area contributed by atoms with E-state index in [4.69, 9.17) is 9.15 Å². The zero-order valence-electron chi connectivity index (χ0n) is 21.8. The third kappa shape index (κ3) is 3.13. The van der Waals surface area contributed by atoms with Crippen LogP contribution in [0.2, 0.25) is 0 Å². The van der Waals surface area contributed by atoms with Crippen LogP contribution in [-0.4, -0.2) is 4.57 Å². The van der Waals surface area contributed by atoms with E-state index in [-0.39, 0.29) is 5.56 Å². The van der Waals surface area contributed by atoms with Crippen molar-refractivity contribution in [1.29, 1.82) is 0 Å². The van der Waals surface area contributed by atoms with E-state index in [0.29, 0.717) is 22.8 Å². The SMILES string of the molecule is O=c1c2occc2c2cc(-c3cccc4ccccc34)cc3c2n1-c1ccc(-c2cccc4ccccc24)cc1O3. The Morgan fingerprint density at radius 1 is 0.537 bits per heavy atom. The van der Waals surface area contributed by atoms with Crippen molar-refractivity contribution in [3.63, 3.8) is 0 Å². The van der Waals surface area contributed by atoms with Crippen LogP contribution in [0.15, 0.2) is 137 Å². The number of rotatable bonds is 2. The number of furan rings is 1. The van der Waals surface area contributed by atoms with E-state index in [0.717, 1.165) is 43.9 Å². The molecule has 3 heterocycles. The van der Waals surface area contributed by atoms with Gasteiger partial charge in [-0.25, -0.2) is 0 Å². The molecule has 0 saturated carbocycles. The minimum Gasteiger partial charge on any atom is -0.458 e. The van der Waals surface area contributed by atoms with Crippen LogP contribution in [0.4, 0.5) is 0 Å². The molecule has 1 aliphatic heterocycles. The van der Waals surface area contributed by atoms with Crippen molar-refractivity contribution in [2.45, 2.75) is 0 Å². The molecule has 0 amide bonds. The van der Waals surface area contributed by atoms with Crippen LogP contribution < -0.4 is 10.3 Å². The van der Waals surface area contributed by atoms with E-state index >= 15 is 0 Å². The highest BCUT2D eigenvalue weighted by molar-refractivity contribution is 6.10. The van der Waals surface area contributed by atoms with Crippen LogP contribution in [0.5, 0.6) is 11.5 Å². The van der Waals surface area contributed by atoms with E-state index in [1.54, 1.807) is 10.8 Å². The molecular formula is C37H21NO3. The van der Waals surface area contributed by atoms with Crippen molar-refractivity contribution in [3.8, 4) is 39.4 Å². The van der Waals surface area contributed by atoms with Gasteiger partial charge in [0.25, 0.3) is 5.56 Å². The van der Waals surface area contributed by atoms with Gasteiger partial charge in [-0.3, -0.25) is 9.36 Å². The van der Waals surface area contributed by atoms with Gasteiger partial charge in [0, 0.05) is 10.8 Å². The zero-order chi connectivity index (χ0) is 27.1. The van der Waals surface area contributed by atoms with Gasteiger partial charge in [-0.2, -0.15) is 0 Å². The molecule has 4 nitrogen and oxygen atoms in total. The molecule has 9 rings (SSSR count). The summed E-state index contributed by atoms with van der Waals surface area (Å²) in [6.07, 6.45) is 1.59. The molecule has 0 aliphatic carbocycles. The number of ether oxygens (including phenoxy) is 1. The average Bonchev–Trinajstić information content (AvgIpc) is 3.53. The van der Waals surface area contributed by atoms with Crippen LogP contribution in [0.25, 0.3) is 71.4 Å². The molecule has 4 heteroatoms. The molecule has 6 aromatic carbocycles. The molecule has 2 aromatic heterocycles. The number of benzene rings is 6. The van der Waals surface area contributed by atoms with E-state index in [1.165, 1.54) is 16.2 Å². The van der Waals surface area contributed by atoms with Crippen molar-refractivity contribution < 1.29 is 9.15 Å². The zero-order valence-corrected chi connectivity index (χ0v) is 21.8. The number of fused-ring (bicyclic) bond motifs is 6. The molecule has 0 bridgehead atoms. The van der Waals surface area contributed by atoms with Crippen LogP contribution in [0.3, 0.4) is 0 Å². The summed E-state index contributed by atoms with van der Waals surface area (Å²) < 4.78 is 14.2. The van der Waals surface area contributed by atoms with Crippen LogP contribution in [0.1, 0.15) is 0 Å². The topological polar surface area (TPSA) is 44.4 Å². The Hall–Kier alpha value is -5.61. The molecule has 1 aliphatic rings. The predicted molar refractivity (Wildman–Crippen MR) is 165 cm³/mol. The lowest BCUT2D eigenvalue weighted by atomic mass is 9.95. The largest absolute Gasteiger partial charge is 0.458 e. The highest BCUT2D eigenvalue weighted by Crippen LogP contribution is 2.46. The molecule has 192 valence electrons. The van der Waals surface area contributed by atoms with E-state index in [1.807, 2.05) is 18.2 Å². The molecule has 0 radical (unpaired) electrons. The second kappa shape index (κ2) is 8.20. The maximum atomic E-state index is 13.9. The Balaban J connectivity index is 1.33. The van der Waals surface area contributed by atoms with Gasteiger partial charge in [0.2, 0.25) is 0 Å². The fourth-order valence-electron chi connectivity index (χ4n) is 6.42. The number of nitrogens with zero attached hydrogens (tertiary/aromatic N) is 1. The summed E-state index contributed by atoms with van der Waals surface area (Å²) in [4.78, 5) is 13.9. The summed E-state index contributed by atoms with van der Waals surface area (Å²) in [7, 11) is 0. The maximum Gasteiger partial charge on any atom is 0.299 e. The van der Waals surface area contributed by atoms with Crippen LogP contribution in [-0.2, 0) is 0 Å². The first kappa shape index (κ1) is 22.2. The standard InChI is InChI=1S/C37H21NO3/c39-37-36-30(17-18-40-36)31-19-25(29-14-6-10-23-8-2-4-12-27(23)29)21-34-35(31)38(37)32-16-15-24(20-33(32)41-34)28-13-5-9-22-7-1-3-11-26(22)28/h1-21H. The molecule has 0 N–H and O–H groups in total. The second-order valence-corrected chi connectivity index (χ2v) is 10.5. The second-order valence-electron chi connectivity index (χ2n) is 10.5. The van der Waals surface area contributed by atoms with Gasteiger partial charge in [0.1, 0.15) is 5.52 Å². The van der Waals surface area contributed by atoms with E-state index in [2.05, 4.69) is 103 Å². The highest BCUT2D eigenvalue weighted by Gasteiger charge is 2.26. The molecule has 0 saturated heterocycles. The van der Waals surface area contributed by atoms with Crippen LogP contribution >= 0.6 is 0 Å². The summed E-state index contributed by atoms with van der Waals surface area (Å²) in [5, 5.41) is 6.37. The lowest BCUT2D eigenvalue weighted by Crippen LogP contribution is -2.22. The predicted octanol–water partition coefficient (Wildman–Crippen LogP) is 9.48. The van der Waals surface area contributed by atoms with Gasteiger partial charge >= 0.3 is 0 Å². The molecular weight excluding hydrogens is 506 g/mol. The number of hydrogen-bond acceptors (Lipinski definition) is 3. The van der Waals surface area contributed by atoms with Crippen molar-refractivity contribution >= 4 is 43.4 Å². The lowest BCUT2D eigenvalue weighted by Gasteiger charge is -2.24.